The maximum atomic E-state index is 14.0. The van der Waals surface area contributed by atoms with Gasteiger partial charge >= 0.3 is 0 Å². The summed E-state index contributed by atoms with van der Waals surface area (Å²) >= 11 is 0. The van der Waals surface area contributed by atoms with Crippen LogP contribution in [0.2, 0.25) is 0 Å². The van der Waals surface area contributed by atoms with Gasteiger partial charge in [0.15, 0.2) is 0 Å². The van der Waals surface area contributed by atoms with Gasteiger partial charge in [0.2, 0.25) is 11.8 Å². The van der Waals surface area contributed by atoms with Crippen molar-refractivity contribution in [1.29, 1.82) is 0 Å². The Balaban J connectivity index is 1.38. The molecular weight excluding hydrogens is 452 g/mol. The first-order chi connectivity index (χ1) is 17.6. The maximum Gasteiger partial charge on any atom is 0.245 e. The van der Waals surface area contributed by atoms with Crippen molar-refractivity contribution in [2.45, 2.75) is 76.4 Å². The average molecular weight is 491 g/mol. The van der Waals surface area contributed by atoms with E-state index in [1.807, 2.05) is 36.4 Å². The quantitative estimate of drug-likeness (QED) is 0.617. The maximum absolute atomic E-state index is 14.0. The number of rotatable bonds is 7. The van der Waals surface area contributed by atoms with Crippen LogP contribution in [-0.2, 0) is 16.0 Å². The number of carbonyl (C=O) groups is 2. The number of amides is 2. The van der Waals surface area contributed by atoms with E-state index in [4.69, 9.17) is 0 Å². The van der Waals surface area contributed by atoms with Gasteiger partial charge in [0, 0.05) is 25.5 Å². The van der Waals surface area contributed by atoms with Crippen molar-refractivity contribution in [3.8, 4) is 0 Å². The molecule has 0 aromatic carbocycles. The molecule has 2 aromatic heterocycles. The summed E-state index contributed by atoms with van der Waals surface area (Å²) in [6.45, 7) is 3.41. The van der Waals surface area contributed by atoms with Gasteiger partial charge in [0.25, 0.3) is 0 Å². The third kappa shape index (κ3) is 4.96. The third-order valence-electron chi connectivity index (χ3n) is 8.21. The Kier molecular flexibility index (Phi) is 7.51. The van der Waals surface area contributed by atoms with E-state index in [9.17, 15) is 9.59 Å². The molecule has 8 nitrogen and oxygen atoms in total. The number of hydrogen-bond donors (Lipinski definition) is 2. The van der Waals surface area contributed by atoms with Gasteiger partial charge in [0.05, 0.1) is 12.1 Å². The molecule has 3 aliphatic rings. The molecule has 2 aliphatic heterocycles. The van der Waals surface area contributed by atoms with Crippen LogP contribution in [0, 0.1) is 5.92 Å². The van der Waals surface area contributed by atoms with E-state index in [0.717, 1.165) is 75.2 Å². The van der Waals surface area contributed by atoms with E-state index >= 15 is 0 Å². The van der Waals surface area contributed by atoms with Gasteiger partial charge in [-0.2, -0.15) is 0 Å². The highest BCUT2D eigenvalue weighted by atomic mass is 16.2. The first-order valence-electron chi connectivity index (χ1n) is 13.5. The number of nitrogens with one attached hydrogen (secondary N) is 2. The molecule has 5 rings (SSSR count). The lowest BCUT2D eigenvalue weighted by atomic mass is 9.83. The summed E-state index contributed by atoms with van der Waals surface area (Å²) in [5.41, 5.74) is 2.34. The Morgan fingerprint density at radius 3 is 2.67 bits per heavy atom. The molecule has 4 heterocycles. The molecule has 0 spiro atoms. The smallest absolute Gasteiger partial charge is 0.245 e. The standard InChI is InChI=1S/C28H38N6O2/c1-19(29-2)27(35)32-25(20-8-4-3-5-9-20)28(36)33-16-7-11-23(33)22-12-15-30-24(18-22)34-17-13-21-10-6-14-31-26(21)34/h6,10,12,14-15,18-20,23,25,29H,3-5,7-9,11,13,16-17H2,1-2H3,(H,32,35)/t19-,23-,25-/m0/s1. The highest BCUT2D eigenvalue weighted by molar-refractivity contribution is 5.90. The number of carbonyl (C=O) groups excluding carboxylic acids is 2. The van der Waals surface area contributed by atoms with Crippen molar-refractivity contribution in [1.82, 2.24) is 25.5 Å². The molecule has 8 heteroatoms. The molecule has 0 bridgehead atoms. The van der Waals surface area contributed by atoms with Crippen LogP contribution in [0.25, 0.3) is 0 Å². The molecule has 0 unspecified atom stereocenters. The molecule has 1 saturated carbocycles. The van der Waals surface area contributed by atoms with Crippen molar-refractivity contribution in [2.24, 2.45) is 5.92 Å². The van der Waals surface area contributed by atoms with Crippen molar-refractivity contribution in [3.05, 3.63) is 47.8 Å². The minimum atomic E-state index is -0.467. The predicted molar refractivity (Wildman–Crippen MR) is 140 cm³/mol. The third-order valence-corrected chi connectivity index (χ3v) is 8.21. The highest BCUT2D eigenvalue weighted by Crippen LogP contribution is 2.37. The van der Waals surface area contributed by atoms with Crippen molar-refractivity contribution in [3.63, 3.8) is 0 Å². The number of aromatic nitrogens is 2. The summed E-state index contributed by atoms with van der Waals surface area (Å²) in [6.07, 6.45) is 11.9. The van der Waals surface area contributed by atoms with Gasteiger partial charge in [-0.25, -0.2) is 9.97 Å². The Morgan fingerprint density at radius 1 is 1.03 bits per heavy atom. The second kappa shape index (κ2) is 10.9. The van der Waals surface area contributed by atoms with Crippen LogP contribution in [0.5, 0.6) is 0 Å². The van der Waals surface area contributed by atoms with Crippen LogP contribution in [0.15, 0.2) is 36.7 Å². The first-order valence-corrected chi connectivity index (χ1v) is 13.5. The summed E-state index contributed by atoms with van der Waals surface area (Å²) in [5, 5.41) is 6.13. The monoisotopic (exact) mass is 490 g/mol. The van der Waals surface area contributed by atoms with Gasteiger partial charge in [-0.15, -0.1) is 0 Å². The molecular formula is C28H38N6O2. The normalized spacial score (nSPS) is 21.8. The Morgan fingerprint density at radius 2 is 1.86 bits per heavy atom. The number of nitrogens with zero attached hydrogens (tertiary/aromatic N) is 4. The summed E-state index contributed by atoms with van der Waals surface area (Å²) in [4.78, 5) is 40.3. The zero-order chi connectivity index (χ0) is 25.1. The van der Waals surface area contributed by atoms with Gasteiger partial charge < -0.3 is 20.4 Å². The van der Waals surface area contributed by atoms with Crippen molar-refractivity contribution >= 4 is 23.5 Å². The van der Waals surface area contributed by atoms with Crippen LogP contribution in [-0.4, -0.2) is 58.9 Å². The van der Waals surface area contributed by atoms with E-state index in [2.05, 4.69) is 37.6 Å². The van der Waals surface area contributed by atoms with Crippen LogP contribution in [0.3, 0.4) is 0 Å². The number of hydrogen-bond acceptors (Lipinski definition) is 6. The first kappa shape index (κ1) is 24.7. The summed E-state index contributed by atoms with van der Waals surface area (Å²) in [7, 11) is 1.77. The molecule has 2 N–H and O–H groups in total. The topological polar surface area (TPSA) is 90.5 Å². The fourth-order valence-electron chi connectivity index (χ4n) is 6.03. The lowest BCUT2D eigenvalue weighted by molar-refractivity contribution is -0.139. The minimum absolute atomic E-state index is 0.00484. The SMILES string of the molecule is CN[C@@H](C)C(=O)N[C@H](C(=O)N1CCC[C@H]1c1ccnc(N2CCc3cccnc32)c1)C1CCCCC1. The number of likely N-dealkylation sites (N-methyl/N-ethyl adjacent to an activating group) is 1. The Labute approximate surface area is 213 Å². The van der Waals surface area contributed by atoms with E-state index < -0.39 is 6.04 Å². The summed E-state index contributed by atoms with van der Waals surface area (Å²) in [6, 6.07) is 7.45. The lowest BCUT2D eigenvalue weighted by Gasteiger charge is -2.35. The summed E-state index contributed by atoms with van der Waals surface area (Å²) < 4.78 is 0. The second-order valence-corrected chi connectivity index (χ2v) is 10.4. The number of likely N-dealkylation sites (tertiary alicyclic amines) is 1. The molecule has 2 amide bonds. The van der Waals surface area contributed by atoms with Gasteiger partial charge in [-0.3, -0.25) is 9.59 Å². The largest absolute Gasteiger partial charge is 0.343 e. The molecule has 0 radical (unpaired) electrons. The minimum Gasteiger partial charge on any atom is -0.343 e. The Bertz CT molecular complexity index is 1090. The zero-order valence-electron chi connectivity index (χ0n) is 21.4. The fraction of sp³-hybridized carbons (Fsp3) is 0.571. The lowest BCUT2D eigenvalue weighted by Crippen LogP contribution is -2.55. The average Bonchev–Trinajstić information content (AvgIpc) is 3.59. The Hall–Kier alpha value is -3.00. The van der Waals surface area contributed by atoms with E-state index in [1.54, 1.807) is 7.05 Å². The molecule has 36 heavy (non-hydrogen) atoms. The van der Waals surface area contributed by atoms with Gasteiger partial charge in [-0.1, -0.05) is 25.3 Å². The van der Waals surface area contributed by atoms with Crippen molar-refractivity contribution in [2.75, 3.05) is 25.0 Å². The predicted octanol–water partition coefficient (Wildman–Crippen LogP) is 3.51. The van der Waals surface area contributed by atoms with Crippen LogP contribution >= 0.6 is 0 Å². The molecule has 2 aromatic rings. The van der Waals surface area contributed by atoms with E-state index in [-0.39, 0.29) is 29.8 Å². The van der Waals surface area contributed by atoms with Crippen LogP contribution in [0.1, 0.15) is 69.0 Å². The molecule has 1 aliphatic carbocycles. The van der Waals surface area contributed by atoms with E-state index in [0.29, 0.717) is 0 Å². The second-order valence-electron chi connectivity index (χ2n) is 10.4. The van der Waals surface area contributed by atoms with Gasteiger partial charge in [-0.05, 0) is 81.3 Å². The number of fused-ring (bicyclic) bond motifs is 1. The van der Waals surface area contributed by atoms with E-state index in [1.165, 1.54) is 12.0 Å². The molecule has 1 saturated heterocycles. The molecule has 3 atom stereocenters. The van der Waals surface area contributed by atoms with Crippen LogP contribution in [0.4, 0.5) is 11.6 Å². The highest BCUT2D eigenvalue weighted by Gasteiger charge is 2.39. The number of pyridine rings is 2. The zero-order valence-corrected chi connectivity index (χ0v) is 21.4. The van der Waals surface area contributed by atoms with Crippen molar-refractivity contribution < 1.29 is 9.59 Å². The molecule has 192 valence electrons. The summed E-state index contributed by atoms with van der Waals surface area (Å²) in [5.74, 6) is 2.00. The van der Waals surface area contributed by atoms with Gasteiger partial charge in [0.1, 0.15) is 17.7 Å². The van der Waals surface area contributed by atoms with Crippen LogP contribution < -0.4 is 15.5 Å². The molecule has 2 fully saturated rings. The fourth-order valence-corrected chi connectivity index (χ4v) is 6.03. The number of anilines is 2.